The van der Waals surface area contributed by atoms with Gasteiger partial charge < -0.3 is 10.4 Å². The van der Waals surface area contributed by atoms with Crippen LogP contribution >= 0.6 is 0 Å². The first kappa shape index (κ1) is 17.7. The molecule has 0 aliphatic carbocycles. The SMILES string of the molecule is Cc1c(C(=O)Nc2ccc(C(C)C(=O)O)cc2)cnn1C(C)(C)C. The Morgan fingerprint density at radius 1 is 1.21 bits per heavy atom. The third-order valence-corrected chi connectivity index (χ3v) is 3.93. The molecule has 1 atom stereocenters. The maximum atomic E-state index is 12.4. The molecule has 1 aromatic carbocycles. The zero-order valence-corrected chi connectivity index (χ0v) is 14.6. The highest BCUT2D eigenvalue weighted by atomic mass is 16.4. The summed E-state index contributed by atoms with van der Waals surface area (Å²) in [5.74, 6) is -1.69. The van der Waals surface area contributed by atoms with E-state index in [1.807, 2.05) is 32.4 Å². The molecule has 0 radical (unpaired) electrons. The number of carboxylic acids is 1. The van der Waals surface area contributed by atoms with Crippen LogP contribution in [0.1, 0.15) is 55.2 Å². The largest absolute Gasteiger partial charge is 0.481 e. The number of nitrogens with zero attached hydrogens (tertiary/aromatic N) is 2. The highest BCUT2D eigenvalue weighted by Crippen LogP contribution is 2.21. The van der Waals surface area contributed by atoms with Crippen LogP contribution in [0.15, 0.2) is 30.5 Å². The number of carboxylic acid groups (broad SMARTS) is 1. The van der Waals surface area contributed by atoms with E-state index >= 15 is 0 Å². The van der Waals surface area contributed by atoms with Gasteiger partial charge in [0, 0.05) is 11.4 Å². The van der Waals surface area contributed by atoms with E-state index in [9.17, 15) is 9.59 Å². The number of aliphatic carboxylic acids is 1. The Hall–Kier alpha value is -2.63. The lowest BCUT2D eigenvalue weighted by atomic mass is 10.0. The van der Waals surface area contributed by atoms with Crippen LogP contribution in [0.3, 0.4) is 0 Å². The molecule has 0 saturated heterocycles. The maximum Gasteiger partial charge on any atom is 0.310 e. The molecule has 1 aromatic heterocycles. The quantitative estimate of drug-likeness (QED) is 0.900. The first-order chi connectivity index (χ1) is 11.1. The van der Waals surface area contributed by atoms with Gasteiger partial charge in [-0.3, -0.25) is 14.3 Å². The summed E-state index contributed by atoms with van der Waals surface area (Å²) in [6, 6.07) is 6.83. The fourth-order valence-corrected chi connectivity index (χ4v) is 2.50. The Kier molecular flexibility index (Phi) is 4.78. The highest BCUT2D eigenvalue weighted by Gasteiger charge is 2.21. The summed E-state index contributed by atoms with van der Waals surface area (Å²) in [6.07, 6.45) is 1.57. The smallest absolute Gasteiger partial charge is 0.310 e. The third kappa shape index (κ3) is 3.64. The van der Waals surface area contributed by atoms with Gasteiger partial charge in [0.1, 0.15) is 0 Å². The molecule has 2 aromatic rings. The Labute approximate surface area is 141 Å². The molecule has 128 valence electrons. The molecule has 1 heterocycles. The summed E-state index contributed by atoms with van der Waals surface area (Å²) in [5, 5.41) is 16.1. The van der Waals surface area contributed by atoms with Crippen LogP contribution in [-0.2, 0) is 10.3 Å². The van der Waals surface area contributed by atoms with Crippen molar-refractivity contribution in [2.75, 3.05) is 5.32 Å². The number of hydrogen-bond donors (Lipinski definition) is 2. The molecule has 0 saturated carbocycles. The minimum atomic E-state index is -0.878. The number of benzene rings is 1. The van der Waals surface area contributed by atoms with Crippen molar-refractivity contribution in [3.63, 3.8) is 0 Å². The summed E-state index contributed by atoms with van der Waals surface area (Å²) in [5.41, 5.74) is 2.43. The van der Waals surface area contributed by atoms with E-state index in [1.54, 1.807) is 37.4 Å². The molecule has 6 nitrogen and oxygen atoms in total. The third-order valence-electron chi connectivity index (χ3n) is 3.93. The molecule has 0 aliphatic rings. The van der Waals surface area contributed by atoms with Gasteiger partial charge in [-0.1, -0.05) is 12.1 Å². The summed E-state index contributed by atoms with van der Waals surface area (Å²) in [7, 11) is 0. The van der Waals surface area contributed by atoms with Crippen LogP contribution in [0.5, 0.6) is 0 Å². The van der Waals surface area contributed by atoms with E-state index in [1.165, 1.54) is 0 Å². The molecule has 1 unspecified atom stereocenters. The molecule has 0 aliphatic heterocycles. The number of rotatable bonds is 4. The van der Waals surface area contributed by atoms with Gasteiger partial charge >= 0.3 is 5.97 Å². The van der Waals surface area contributed by atoms with E-state index < -0.39 is 11.9 Å². The average Bonchev–Trinajstić information content (AvgIpc) is 2.89. The number of hydrogen-bond acceptors (Lipinski definition) is 3. The Bertz CT molecular complexity index is 755. The van der Waals surface area contributed by atoms with E-state index in [4.69, 9.17) is 5.11 Å². The molecule has 24 heavy (non-hydrogen) atoms. The van der Waals surface area contributed by atoms with Crippen LogP contribution in [0, 0.1) is 6.92 Å². The van der Waals surface area contributed by atoms with Gasteiger partial charge in [0.2, 0.25) is 0 Å². The maximum absolute atomic E-state index is 12.4. The van der Waals surface area contributed by atoms with Crippen LogP contribution in [0.2, 0.25) is 0 Å². The topological polar surface area (TPSA) is 84.2 Å². The second-order valence-electron chi connectivity index (χ2n) is 6.86. The molecule has 0 fully saturated rings. The molecular weight excluding hydrogens is 306 g/mol. The van der Waals surface area contributed by atoms with Crippen molar-refractivity contribution in [1.29, 1.82) is 0 Å². The summed E-state index contributed by atoms with van der Waals surface area (Å²) in [4.78, 5) is 23.4. The van der Waals surface area contributed by atoms with Crippen molar-refractivity contribution in [3.05, 3.63) is 47.3 Å². The first-order valence-electron chi connectivity index (χ1n) is 7.80. The number of nitrogens with one attached hydrogen (secondary N) is 1. The average molecular weight is 329 g/mol. The Morgan fingerprint density at radius 2 is 1.79 bits per heavy atom. The van der Waals surface area contributed by atoms with E-state index in [2.05, 4.69) is 10.4 Å². The van der Waals surface area contributed by atoms with Crippen molar-refractivity contribution in [1.82, 2.24) is 9.78 Å². The van der Waals surface area contributed by atoms with Crippen molar-refractivity contribution in [2.45, 2.75) is 46.1 Å². The summed E-state index contributed by atoms with van der Waals surface area (Å²) >= 11 is 0. The highest BCUT2D eigenvalue weighted by molar-refractivity contribution is 6.04. The first-order valence-corrected chi connectivity index (χ1v) is 7.80. The van der Waals surface area contributed by atoms with E-state index in [0.717, 1.165) is 5.69 Å². The molecular formula is C18H23N3O3. The number of anilines is 1. The normalized spacial score (nSPS) is 12.7. The molecule has 6 heteroatoms. The lowest BCUT2D eigenvalue weighted by Crippen LogP contribution is -2.25. The van der Waals surface area contributed by atoms with E-state index in [-0.39, 0.29) is 11.4 Å². The van der Waals surface area contributed by atoms with Crippen LogP contribution in [0.25, 0.3) is 0 Å². The monoisotopic (exact) mass is 329 g/mol. The number of carbonyl (C=O) groups excluding carboxylic acids is 1. The van der Waals surface area contributed by atoms with Crippen LogP contribution in [0.4, 0.5) is 5.69 Å². The van der Waals surface area contributed by atoms with Crippen LogP contribution in [-0.4, -0.2) is 26.8 Å². The molecule has 0 spiro atoms. The number of carbonyl (C=O) groups is 2. The number of amides is 1. The van der Waals surface area contributed by atoms with Gasteiger partial charge in [0.05, 0.1) is 23.2 Å². The standard InChI is InChI=1S/C18H23N3O3/c1-11(17(23)24)13-6-8-14(9-7-13)20-16(22)15-10-19-21(12(15)2)18(3,4)5/h6-11H,1-5H3,(H,20,22)(H,23,24). The molecule has 0 bridgehead atoms. The van der Waals surface area contributed by atoms with Gasteiger partial charge in [0.15, 0.2) is 0 Å². The van der Waals surface area contributed by atoms with E-state index in [0.29, 0.717) is 16.8 Å². The summed E-state index contributed by atoms with van der Waals surface area (Å²) < 4.78 is 1.82. The van der Waals surface area contributed by atoms with Crippen molar-refractivity contribution < 1.29 is 14.7 Å². The Balaban J connectivity index is 2.16. The fourth-order valence-electron chi connectivity index (χ4n) is 2.50. The lowest BCUT2D eigenvalue weighted by molar-refractivity contribution is -0.138. The molecule has 1 amide bonds. The number of aromatic nitrogens is 2. The minimum absolute atomic E-state index is 0.197. The van der Waals surface area contributed by atoms with Gasteiger partial charge in [-0.05, 0) is 52.3 Å². The van der Waals surface area contributed by atoms with Crippen molar-refractivity contribution >= 4 is 17.6 Å². The van der Waals surface area contributed by atoms with Gasteiger partial charge in [-0.2, -0.15) is 5.10 Å². The minimum Gasteiger partial charge on any atom is -0.481 e. The lowest BCUT2D eigenvalue weighted by Gasteiger charge is -2.21. The predicted molar refractivity (Wildman–Crippen MR) is 92.4 cm³/mol. The molecule has 2 rings (SSSR count). The summed E-state index contributed by atoms with van der Waals surface area (Å²) in [6.45, 7) is 9.57. The van der Waals surface area contributed by atoms with Crippen molar-refractivity contribution in [3.8, 4) is 0 Å². The second kappa shape index (κ2) is 6.47. The Morgan fingerprint density at radius 3 is 2.25 bits per heavy atom. The zero-order chi connectivity index (χ0) is 18.1. The fraction of sp³-hybridized carbons (Fsp3) is 0.389. The molecule has 2 N–H and O–H groups in total. The van der Waals surface area contributed by atoms with Gasteiger partial charge in [-0.25, -0.2) is 0 Å². The van der Waals surface area contributed by atoms with Gasteiger partial charge in [-0.15, -0.1) is 0 Å². The zero-order valence-electron chi connectivity index (χ0n) is 14.6. The van der Waals surface area contributed by atoms with Crippen molar-refractivity contribution in [2.24, 2.45) is 0 Å². The predicted octanol–water partition coefficient (Wildman–Crippen LogP) is 3.39. The van der Waals surface area contributed by atoms with Crippen LogP contribution < -0.4 is 5.32 Å². The van der Waals surface area contributed by atoms with Gasteiger partial charge in [0.25, 0.3) is 5.91 Å². The second-order valence-corrected chi connectivity index (χ2v) is 6.86.